The Morgan fingerprint density at radius 3 is 1.73 bits per heavy atom. The normalized spacial score (nSPS) is 12.0. The summed E-state index contributed by atoms with van der Waals surface area (Å²) in [6.07, 6.45) is 0. The van der Waals surface area contributed by atoms with E-state index in [0.29, 0.717) is 0 Å². The van der Waals surface area contributed by atoms with Crippen molar-refractivity contribution in [1.29, 1.82) is 0 Å². The molecule has 0 amide bonds. The maximum absolute atomic E-state index is 6.61. The van der Waals surface area contributed by atoms with Gasteiger partial charge in [-0.2, -0.15) is 0 Å². The maximum atomic E-state index is 6.61. The van der Waals surface area contributed by atoms with Crippen molar-refractivity contribution in [2.24, 2.45) is 0 Å². The van der Waals surface area contributed by atoms with Gasteiger partial charge in [-0.25, -0.2) is 0 Å². The van der Waals surface area contributed by atoms with E-state index in [1.165, 1.54) is 44.1 Å². The summed E-state index contributed by atoms with van der Waals surface area (Å²) in [5.41, 5.74) is 13.6. The summed E-state index contributed by atoms with van der Waals surface area (Å²) in [6, 6.07) is 69.1. The summed E-state index contributed by atoms with van der Waals surface area (Å²) in [6.45, 7) is 0. The van der Waals surface area contributed by atoms with Gasteiger partial charge in [0.2, 0.25) is 0 Å². The summed E-state index contributed by atoms with van der Waals surface area (Å²) in [5, 5.41) is 2.51. The minimum atomic E-state index is 0.829. The highest BCUT2D eigenvalue weighted by Gasteiger charge is 2.26. The highest BCUT2D eigenvalue weighted by molar-refractivity contribution is 6.10. The monoisotopic (exact) mass is 652 g/mol. The number of rotatable bonds is 5. The largest absolute Gasteiger partial charge is 0.453 e. The van der Waals surface area contributed by atoms with Crippen LogP contribution in [0.15, 0.2) is 194 Å². The maximum Gasteiger partial charge on any atom is 0.152 e. The average Bonchev–Trinajstić information content (AvgIpc) is 3.54. The number of nitrogens with zero attached hydrogens (tertiary/aromatic N) is 2. The quantitative estimate of drug-likeness (QED) is 0.184. The van der Waals surface area contributed by atoms with E-state index in [-0.39, 0.29) is 0 Å². The first-order valence-corrected chi connectivity index (χ1v) is 17.3. The second-order valence-electron chi connectivity index (χ2n) is 13.0. The van der Waals surface area contributed by atoms with Crippen LogP contribution in [0.4, 0.5) is 17.1 Å². The number of fused-ring (bicyclic) bond motifs is 5. The molecule has 9 aromatic rings. The van der Waals surface area contributed by atoms with Crippen molar-refractivity contribution in [3.63, 3.8) is 0 Å². The zero-order chi connectivity index (χ0) is 33.7. The molecule has 0 fully saturated rings. The van der Waals surface area contributed by atoms with Gasteiger partial charge in [0.15, 0.2) is 11.5 Å². The summed E-state index contributed by atoms with van der Waals surface area (Å²) >= 11 is 0. The molecule has 1 aliphatic heterocycles. The van der Waals surface area contributed by atoms with E-state index in [2.05, 4.69) is 191 Å². The van der Waals surface area contributed by atoms with Crippen molar-refractivity contribution in [1.82, 2.24) is 4.57 Å². The molecule has 0 saturated heterocycles. The second kappa shape index (κ2) is 11.9. The molecule has 240 valence electrons. The van der Waals surface area contributed by atoms with Gasteiger partial charge in [0.1, 0.15) is 0 Å². The van der Waals surface area contributed by atoms with Gasteiger partial charge in [0.05, 0.1) is 22.4 Å². The summed E-state index contributed by atoms with van der Waals surface area (Å²) < 4.78 is 8.98. The van der Waals surface area contributed by atoms with E-state index in [0.717, 1.165) is 45.4 Å². The zero-order valence-corrected chi connectivity index (χ0v) is 27.8. The molecule has 0 spiro atoms. The molecule has 0 saturated carbocycles. The number of para-hydroxylation sites is 4. The average molecular weight is 653 g/mol. The van der Waals surface area contributed by atoms with Crippen LogP contribution < -0.4 is 9.64 Å². The number of aromatic nitrogens is 1. The fourth-order valence-electron chi connectivity index (χ4n) is 7.55. The van der Waals surface area contributed by atoms with Crippen LogP contribution in [0.3, 0.4) is 0 Å². The van der Waals surface area contributed by atoms with Crippen molar-refractivity contribution in [2.45, 2.75) is 0 Å². The Kier molecular flexibility index (Phi) is 6.81. The van der Waals surface area contributed by atoms with E-state index < -0.39 is 0 Å². The lowest BCUT2D eigenvalue weighted by molar-refractivity contribution is 0.477. The van der Waals surface area contributed by atoms with E-state index in [1.54, 1.807) is 0 Å². The van der Waals surface area contributed by atoms with Crippen LogP contribution in [0.2, 0.25) is 0 Å². The highest BCUT2D eigenvalue weighted by Crippen LogP contribution is 2.51. The molecule has 0 atom stereocenters. The molecular formula is C48H32N2O. The lowest BCUT2D eigenvalue weighted by atomic mass is 9.97. The summed E-state index contributed by atoms with van der Waals surface area (Å²) in [4.78, 5) is 2.31. The van der Waals surface area contributed by atoms with Gasteiger partial charge in [-0.1, -0.05) is 127 Å². The Bertz CT molecular complexity index is 2730. The Morgan fingerprint density at radius 1 is 0.314 bits per heavy atom. The standard InChI is InChI=1S/C48H32N2O/c1-3-13-33(14-4-1)36-17-12-20-40(30-36)50-44-23-9-10-24-47(44)51-48-32-38(26-28-45(48)50)35-16-11-15-34(29-35)37-25-27-42-41-21-7-8-22-43(41)49(46(42)31-37)39-18-5-2-6-19-39/h1-32H. The van der Waals surface area contributed by atoms with Gasteiger partial charge in [0.25, 0.3) is 0 Å². The lowest BCUT2D eigenvalue weighted by Gasteiger charge is -2.33. The summed E-state index contributed by atoms with van der Waals surface area (Å²) in [5.74, 6) is 1.67. The zero-order valence-electron chi connectivity index (χ0n) is 27.8. The van der Waals surface area contributed by atoms with E-state index >= 15 is 0 Å². The molecule has 51 heavy (non-hydrogen) atoms. The summed E-state index contributed by atoms with van der Waals surface area (Å²) in [7, 11) is 0. The fraction of sp³-hybridized carbons (Fsp3) is 0. The third kappa shape index (κ3) is 4.98. The topological polar surface area (TPSA) is 17.4 Å². The third-order valence-corrected chi connectivity index (χ3v) is 9.96. The van der Waals surface area contributed by atoms with E-state index in [4.69, 9.17) is 4.74 Å². The van der Waals surface area contributed by atoms with Gasteiger partial charge in [-0.05, 0) is 100 Å². The first-order chi connectivity index (χ1) is 25.3. The van der Waals surface area contributed by atoms with Crippen LogP contribution in [0.25, 0.3) is 60.9 Å². The molecule has 0 unspecified atom stereocenters. The first kappa shape index (κ1) is 29.1. The molecule has 0 bridgehead atoms. The Labute approximate surface area is 296 Å². The van der Waals surface area contributed by atoms with Gasteiger partial charge < -0.3 is 14.2 Å². The molecule has 0 radical (unpaired) electrons. The highest BCUT2D eigenvalue weighted by atomic mass is 16.5. The van der Waals surface area contributed by atoms with Gasteiger partial charge in [0, 0.05) is 22.1 Å². The van der Waals surface area contributed by atoms with Crippen molar-refractivity contribution in [3.05, 3.63) is 194 Å². The van der Waals surface area contributed by atoms with Crippen molar-refractivity contribution in [2.75, 3.05) is 4.90 Å². The van der Waals surface area contributed by atoms with Crippen molar-refractivity contribution >= 4 is 38.9 Å². The van der Waals surface area contributed by atoms with E-state index in [9.17, 15) is 0 Å². The van der Waals surface area contributed by atoms with Crippen molar-refractivity contribution in [3.8, 4) is 50.6 Å². The van der Waals surface area contributed by atoms with Crippen molar-refractivity contribution < 1.29 is 4.74 Å². The molecule has 0 aliphatic carbocycles. The SMILES string of the molecule is c1ccc(-c2cccc(N3c4ccccc4Oc4cc(-c5cccc(-c6ccc7c8ccccc8n(-c8ccccc8)c7c6)c5)ccc43)c2)cc1. The molecule has 3 heteroatoms. The van der Waals surface area contributed by atoms with Gasteiger partial charge in [-0.3, -0.25) is 0 Å². The number of benzene rings is 8. The van der Waals surface area contributed by atoms with Crippen LogP contribution >= 0.6 is 0 Å². The Morgan fingerprint density at radius 2 is 0.882 bits per heavy atom. The predicted molar refractivity (Wildman–Crippen MR) is 212 cm³/mol. The minimum Gasteiger partial charge on any atom is -0.453 e. The number of hydrogen-bond acceptors (Lipinski definition) is 2. The van der Waals surface area contributed by atoms with Crippen LogP contribution in [-0.2, 0) is 0 Å². The van der Waals surface area contributed by atoms with Gasteiger partial charge >= 0.3 is 0 Å². The minimum absolute atomic E-state index is 0.829. The molecular weight excluding hydrogens is 621 g/mol. The molecule has 3 nitrogen and oxygen atoms in total. The Balaban J connectivity index is 1.05. The predicted octanol–water partition coefficient (Wildman–Crippen LogP) is 13.4. The molecule has 2 heterocycles. The van der Waals surface area contributed by atoms with Gasteiger partial charge in [-0.15, -0.1) is 0 Å². The first-order valence-electron chi connectivity index (χ1n) is 17.3. The van der Waals surface area contributed by atoms with Crippen LogP contribution in [0, 0.1) is 0 Å². The Hall–Kier alpha value is -6.84. The smallest absolute Gasteiger partial charge is 0.152 e. The van der Waals surface area contributed by atoms with E-state index in [1.807, 2.05) is 12.1 Å². The molecule has 0 N–H and O–H groups in total. The van der Waals surface area contributed by atoms with Crippen LogP contribution in [-0.4, -0.2) is 4.57 Å². The van der Waals surface area contributed by atoms with Crippen LogP contribution in [0.1, 0.15) is 0 Å². The second-order valence-corrected chi connectivity index (χ2v) is 13.0. The molecule has 8 aromatic carbocycles. The number of hydrogen-bond donors (Lipinski definition) is 0. The fourth-order valence-corrected chi connectivity index (χ4v) is 7.55. The molecule has 10 rings (SSSR count). The lowest BCUT2D eigenvalue weighted by Crippen LogP contribution is -2.15. The number of anilines is 3. The third-order valence-electron chi connectivity index (χ3n) is 9.96. The number of ether oxygens (including phenoxy) is 1. The van der Waals surface area contributed by atoms with Crippen LogP contribution in [0.5, 0.6) is 11.5 Å². The molecule has 1 aromatic heterocycles. The molecule has 1 aliphatic rings.